The maximum atomic E-state index is 11.3. The van der Waals surface area contributed by atoms with Crippen molar-refractivity contribution >= 4 is 11.8 Å². The van der Waals surface area contributed by atoms with E-state index in [1.54, 1.807) is 0 Å². The Bertz CT molecular complexity index is 261. The average molecular weight is 213 g/mol. The number of carboxylic acid groups (broad SMARTS) is 1. The van der Waals surface area contributed by atoms with Crippen molar-refractivity contribution in [3.8, 4) is 0 Å². The zero-order chi connectivity index (χ0) is 11.6. The topological polar surface area (TPSA) is 80.4 Å². The lowest BCUT2D eigenvalue weighted by atomic mass is 9.70. The Labute approximate surface area is 89.8 Å². The Kier molecular flexibility index (Phi) is 3.85. The highest BCUT2D eigenvalue weighted by molar-refractivity contribution is 5.81. The monoisotopic (exact) mass is 213 g/mol. The fraction of sp³-hybridized carbons (Fsp3) is 0.818. The number of hydrogen-bond acceptors (Lipinski definition) is 3. The van der Waals surface area contributed by atoms with Crippen molar-refractivity contribution in [2.24, 2.45) is 23.5 Å². The summed E-state index contributed by atoms with van der Waals surface area (Å²) in [5, 5.41) is 8.88. The molecule has 1 saturated carbocycles. The highest BCUT2D eigenvalue weighted by Gasteiger charge is 2.37. The molecule has 0 heterocycles. The lowest BCUT2D eigenvalue weighted by Crippen LogP contribution is -2.45. The third-order valence-electron chi connectivity index (χ3n) is 3.37. The predicted molar refractivity (Wildman–Crippen MR) is 56.3 cm³/mol. The molecule has 0 aliphatic heterocycles. The molecule has 1 aliphatic rings. The lowest BCUT2D eigenvalue weighted by molar-refractivity contribution is -0.141. The molecule has 86 valence electrons. The SMILES string of the molecule is CC(C)C1CCC(=O)CC1C(N)C(=O)O. The van der Waals surface area contributed by atoms with Crippen LogP contribution in [-0.4, -0.2) is 22.9 Å². The first kappa shape index (κ1) is 12.2. The van der Waals surface area contributed by atoms with Crippen LogP contribution in [0.15, 0.2) is 0 Å². The quantitative estimate of drug-likeness (QED) is 0.734. The molecule has 1 aliphatic carbocycles. The van der Waals surface area contributed by atoms with E-state index in [9.17, 15) is 9.59 Å². The number of ketones is 1. The number of aliphatic carboxylic acids is 1. The summed E-state index contributed by atoms with van der Waals surface area (Å²) < 4.78 is 0. The number of nitrogens with two attached hydrogens (primary N) is 1. The van der Waals surface area contributed by atoms with Crippen molar-refractivity contribution in [2.45, 2.75) is 39.2 Å². The Morgan fingerprint density at radius 3 is 2.53 bits per heavy atom. The predicted octanol–water partition coefficient (Wildman–Crippen LogP) is 1.04. The Balaban J connectivity index is 2.78. The van der Waals surface area contributed by atoms with Gasteiger partial charge in [-0.3, -0.25) is 9.59 Å². The fourth-order valence-electron chi connectivity index (χ4n) is 2.46. The van der Waals surface area contributed by atoms with Gasteiger partial charge in [-0.05, 0) is 24.2 Å². The van der Waals surface area contributed by atoms with Gasteiger partial charge < -0.3 is 10.8 Å². The van der Waals surface area contributed by atoms with Crippen molar-refractivity contribution in [1.29, 1.82) is 0 Å². The third-order valence-corrected chi connectivity index (χ3v) is 3.37. The molecule has 3 N–H and O–H groups in total. The van der Waals surface area contributed by atoms with Crippen LogP contribution < -0.4 is 5.73 Å². The number of hydrogen-bond donors (Lipinski definition) is 2. The fourth-order valence-corrected chi connectivity index (χ4v) is 2.46. The van der Waals surface area contributed by atoms with Crippen molar-refractivity contribution in [3.05, 3.63) is 0 Å². The van der Waals surface area contributed by atoms with Crippen molar-refractivity contribution in [2.75, 3.05) is 0 Å². The third kappa shape index (κ3) is 2.78. The largest absolute Gasteiger partial charge is 0.480 e. The molecule has 0 amide bonds. The molecule has 15 heavy (non-hydrogen) atoms. The van der Waals surface area contributed by atoms with Crippen LogP contribution in [0.2, 0.25) is 0 Å². The maximum Gasteiger partial charge on any atom is 0.320 e. The molecule has 0 radical (unpaired) electrons. The summed E-state index contributed by atoms with van der Waals surface area (Å²) in [5.41, 5.74) is 5.63. The van der Waals surface area contributed by atoms with E-state index in [1.807, 2.05) is 0 Å². The van der Waals surface area contributed by atoms with E-state index in [0.29, 0.717) is 18.8 Å². The number of carboxylic acids is 1. The highest BCUT2D eigenvalue weighted by Crippen LogP contribution is 2.35. The molecule has 1 fully saturated rings. The summed E-state index contributed by atoms with van der Waals surface area (Å²) in [6.45, 7) is 4.12. The molecule has 0 aromatic rings. The zero-order valence-corrected chi connectivity index (χ0v) is 9.27. The molecule has 0 aromatic heterocycles. The number of rotatable bonds is 3. The van der Waals surface area contributed by atoms with Crippen LogP contribution >= 0.6 is 0 Å². The number of carbonyl (C=O) groups is 2. The van der Waals surface area contributed by atoms with Crippen molar-refractivity contribution in [3.63, 3.8) is 0 Å². The van der Waals surface area contributed by atoms with E-state index in [1.165, 1.54) is 0 Å². The molecule has 1 rings (SSSR count). The molecule has 3 atom stereocenters. The minimum absolute atomic E-state index is 0.147. The molecule has 4 nitrogen and oxygen atoms in total. The minimum atomic E-state index is -1.000. The summed E-state index contributed by atoms with van der Waals surface area (Å²) in [7, 11) is 0. The second kappa shape index (κ2) is 4.75. The minimum Gasteiger partial charge on any atom is -0.480 e. The molecule has 0 bridgehead atoms. The van der Waals surface area contributed by atoms with E-state index >= 15 is 0 Å². The van der Waals surface area contributed by atoms with Crippen LogP contribution in [0, 0.1) is 17.8 Å². The summed E-state index contributed by atoms with van der Waals surface area (Å²) in [6.07, 6.45) is 1.68. The average Bonchev–Trinajstić information content (AvgIpc) is 2.15. The summed E-state index contributed by atoms with van der Waals surface area (Å²) >= 11 is 0. The molecule has 0 spiro atoms. The van der Waals surface area contributed by atoms with Crippen LogP contribution in [0.1, 0.15) is 33.1 Å². The number of Topliss-reactive ketones (excluding diaryl/α,β-unsaturated/α-hetero) is 1. The number of carbonyl (C=O) groups excluding carboxylic acids is 1. The molecular formula is C11H19NO3. The lowest BCUT2D eigenvalue weighted by Gasteiger charge is -2.35. The van der Waals surface area contributed by atoms with Crippen LogP contribution in [0.25, 0.3) is 0 Å². The van der Waals surface area contributed by atoms with E-state index in [4.69, 9.17) is 10.8 Å². The first-order valence-corrected chi connectivity index (χ1v) is 5.43. The van der Waals surface area contributed by atoms with Gasteiger partial charge in [-0.1, -0.05) is 13.8 Å². The molecule has 0 saturated heterocycles. The van der Waals surface area contributed by atoms with Crippen LogP contribution in [0.3, 0.4) is 0 Å². The van der Waals surface area contributed by atoms with Crippen LogP contribution in [0.5, 0.6) is 0 Å². The van der Waals surface area contributed by atoms with Gasteiger partial charge in [-0.25, -0.2) is 0 Å². The zero-order valence-electron chi connectivity index (χ0n) is 9.27. The molecule has 3 unspecified atom stereocenters. The highest BCUT2D eigenvalue weighted by atomic mass is 16.4. The van der Waals surface area contributed by atoms with E-state index in [2.05, 4.69) is 13.8 Å². The van der Waals surface area contributed by atoms with Crippen molar-refractivity contribution in [1.82, 2.24) is 0 Å². The van der Waals surface area contributed by atoms with Crippen LogP contribution in [-0.2, 0) is 9.59 Å². The van der Waals surface area contributed by atoms with Gasteiger partial charge in [0.1, 0.15) is 11.8 Å². The first-order valence-electron chi connectivity index (χ1n) is 5.43. The standard InChI is InChI=1S/C11H19NO3/c1-6(2)8-4-3-7(13)5-9(8)10(12)11(14)15/h6,8-10H,3-5,12H2,1-2H3,(H,14,15). The molecule has 0 aromatic carbocycles. The van der Waals surface area contributed by atoms with E-state index in [0.717, 1.165) is 6.42 Å². The van der Waals surface area contributed by atoms with Gasteiger partial charge in [0.2, 0.25) is 0 Å². The normalized spacial score (nSPS) is 29.2. The Hall–Kier alpha value is -0.900. The Morgan fingerprint density at radius 2 is 2.07 bits per heavy atom. The van der Waals surface area contributed by atoms with Crippen molar-refractivity contribution < 1.29 is 14.7 Å². The smallest absolute Gasteiger partial charge is 0.320 e. The molecular weight excluding hydrogens is 194 g/mol. The van der Waals surface area contributed by atoms with Gasteiger partial charge in [-0.15, -0.1) is 0 Å². The summed E-state index contributed by atoms with van der Waals surface area (Å²) in [6, 6.07) is -0.901. The van der Waals surface area contributed by atoms with E-state index < -0.39 is 12.0 Å². The van der Waals surface area contributed by atoms with Gasteiger partial charge in [0.05, 0.1) is 0 Å². The molecule has 4 heteroatoms. The second-order valence-electron chi connectivity index (χ2n) is 4.72. The Morgan fingerprint density at radius 1 is 1.47 bits per heavy atom. The second-order valence-corrected chi connectivity index (χ2v) is 4.72. The van der Waals surface area contributed by atoms with Gasteiger partial charge in [-0.2, -0.15) is 0 Å². The van der Waals surface area contributed by atoms with Crippen LogP contribution in [0.4, 0.5) is 0 Å². The summed E-state index contributed by atoms with van der Waals surface area (Å²) in [5.74, 6) is -0.403. The first-order chi connectivity index (χ1) is 6.93. The van der Waals surface area contributed by atoms with Gasteiger partial charge in [0.15, 0.2) is 0 Å². The summed E-state index contributed by atoms with van der Waals surface area (Å²) in [4.78, 5) is 22.2. The van der Waals surface area contributed by atoms with E-state index in [-0.39, 0.29) is 17.6 Å². The maximum absolute atomic E-state index is 11.3. The van der Waals surface area contributed by atoms with Gasteiger partial charge in [0.25, 0.3) is 0 Å². The van der Waals surface area contributed by atoms with Gasteiger partial charge >= 0.3 is 5.97 Å². The van der Waals surface area contributed by atoms with Gasteiger partial charge in [0, 0.05) is 12.8 Å².